The van der Waals surface area contributed by atoms with E-state index in [1.165, 1.54) is 5.56 Å². The predicted octanol–water partition coefficient (Wildman–Crippen LogP) is 5.16. The summed E-state index contributed by atoms with van der Waals surface area (Å²) in [5, 5.41) is 10.3. The normalized spacial score (nSPS) is 15.2. The highest BCUT2D eigenvalue weighted by molar-refractivity contribution is 5.90. The monoisotopic (exact) mass is 493 g/mol. The maximum absolute atomic E-state index is 13.1. The van der Waals surface area contributed by atoms with Crippen LogP contribution in [0.25, 0.3) is 11.1 Å². The third kappa shape index (κ3) is 6.25. The molecule has 1 atom stereocenters. The third-order valence-electron chi connectivity index (χ3n) is 6.74. The summed E-state index contributed by atoms with van der Waals surface area (Å²) in [7, 11) is 0. The Kier molecular flexibility index (Phi) is 7.60. The number of amides is 3. The van der Waals surface area contributed by atoms with Crippen molar-refractivity contribution in [2.24, 2.45) is 5.92 Å². The summed E-state index contributed by atoms with van der Waals surface area (Å²) in [6.45, 7) is 2.25. The number of hydrogen-bond donors (Lipinski definition) is 2. The van der Waals surface area contributed by atoms with Crippen molar-refractivity contribution >= 4 is 17.6 Å². The van der Waals surface area contributed by atoms with E-state index < -0.39 is 0 Å². The van der Waals surface area contributed by atoms with Crippen molar-refractivity contribution in [2.75, 3.05) is 18.4 Å². The van der Waals surface area contributed by atoms with Gasteiger partial charge in [-0.05, 0) is 53.3 Å². The number of benzene rings is 3. The Hall–Kier alpha value is -4.39. The maximum atomic E-state index is 13.1. The molecular formula is C30H31N5O2. The van der Waals surface area contributed by atoms with Gasteiger partial charge in [-0.1, -0.05) is 66.7 Å². The Morgan fingerprint density at radius 1 is 0.919 bits per heavy atom. The number of carbonyl (C=O) groups excluding carboxylic acids is 2. The lowest BCUT2D eigenvalue weighted by Crippen LogP contribution is -2.46. The molecule has 1 aliphatic rings. The highest BCUT2D eigenvalue weighted by Gasteiger charge is 2.28. The van der Waals surface area contributed by atoms with Crippen LogP contribution in [0.2, 0.25) is 0 Å². The number of rotatable bonds is 7. The van der Waals surface area contributed by atoms with E-state index in [4.69, 9.17) is 0 Å². The molecule has 1 unspecified atom stereocenters. The van der Waals surface area contributed by atoms with Gasteiger partial charge in [-0.15, -0.1) is 0 Å². The largest absolute Gasteiger partial charge is 0.352 e. The van der Waals surface area contributed by atoms with Gasteiger partial charge in [-0.2, -0.15) is 5.10 Å². The number of anilines is 1. The number of para-hydroxylation sites is 1. The van der Waals surface area contributed by atoms with Gasteiger partial charge in [0.25, 0.3) is 0 Å². The number of aromatic nitrogens is 2. The van der Waals surface area contributed by atoms with E-state index in [0.29, 0.717) is 19.6 Å². The molecule has 1 fully saturated rings. The second-order valence-corrected chi connectivity index (χ2v) is 9.36. The fourth-order valence-electron chi connectivity index (χ4n) is 4.75. The summed E-state index contributed by atoms with van der Waals surface area (Å²) in [4.78, 5) is 27.5. The van der Waals surface area contributed by atoms with Gasteiger partial charge < -0.3 is 15.5 Å². The summed E-state index contributed by atoms with van der Waals surface area (Å²) >= 11 is 0. The van der Waals surface area contributed by atoms with Crippen LogP contribution in [0.4, 0.5) is 10.5 Å². The molecule has 37 heavy (non-hydrogen) atoms. The van der Waals surface area contributed by atoms with Crippen molar-refractivity contribution in [2.45, 2.75) is 25.9 Å². The minimum atomic E-state index is -0.219. The molecule has 5 rings (SSSR count). The van der Waals surface area contributed by atoms with Crippen molar-refractivity contribution in [3.63, 3.8) is 0 Å². The van der Waals surface area contributed by atoms with Gasteiger partial charge in [0, 0.05) is 37.7 Å². The highest BCUT2D eigenvalue weighted by Crippen LogP contribution is 2.25. The van der Waals surface area contributed by atoms with Crippen molar-refractivity contribution in [3.05, 3.63) is 108 Å². The molecule has 188 valence electrons. The molecule has 1 saturated heterocycles. The Morgan fingerprint density at radius 2 is 1.70 bits per heavy atom. The minimum Gasteiger partial charge on any atom is -0.352 e. The van der Waals surface area contributed by atoms with Gasteiger partial charge >= 0.3 is 6.03 Å². The zero-order valence-corrected chi connectivity index (χ0v) is 20.7. The zero-order chi connectivity index (χ0) is 25.5. The molecule has 3 aromatic carbocycles. The number of carbonyl (C=O) groups is 2. The molecule has 4 aromatic rings. The van der Waals surface area contributed by atoms with Gasteiger partial charge in [0.1, 0.15) is 0 Å². The first-order valence-electron chi connectivity index (χ1n) is 12.7. The topological polar surface area (TPSA) is 79.3 Å². The second kappa shape index (κ2) is 11.6. The Bertz CT molecular complexity index is 1320. The lowest BCUT2D eigenvalue weighted by atomic mass is 9.96. The average molecular weight is 494 g/mol. The zero-order valence-electron chi connectivity index (χ0n) is 20.7. The smallest absolute Gasteiger partial charge is 0.321 e. The molecule has 3 amide bonds. The number of piperidine rings is 1. The molecule has 1 aliphatic heterocycles. The van der Waals surface area contributed by atoms with Crippen LogP contribution in [0.3, 0.4) is 0 Å². The van der Waals surface area contributed by atoms with Crippen LogP contribution in [0.15, 0.2) is 97.3 Å². The molecule has 7 heteroatoms. The molecule has 0 spiro atoms. The van der Waals surface area contributed by atoms with Crippen LogP contribution in [0.1, 0.15) is 24.0 Å². The molecular weight excluding hydrogens is 462 g/mol. The number of likely N-dealkylation sites (tertiary alicyclic amines) is 1. The van der Waals surface area contributed by atoms with E-state index in [1.807, 2.05) is 65.5 Å². The van der Waals surface area contributed by atoms with Crippen molar-refractivity contribution in [3.8, 4) is 11.1 Å². The molecule has 2 heterocycles. The van der Waals surface area contributed by atoms with Crippen LogP contribution < -0.4 is 10.6 Å². The second-order valence-electron chi connectivity index (χ2n) is 9.36. The first-order valence-corrected chi connectivity index (χ1v) is 12.7. The minimum absolute atomic E-state index is 0.0124. The molecule has 1 aromatic heterocycles. The third-order valence-corrected chi connectivity index (χ3v) is 6.74. The Morgan fingerprint density at radius 3 is 2.49 bits per heavy atom. The first-order chi connectivity index (χ1) is 18.2. The summed E-state index contributed by atoms with van der Waals surface area (Å²) in [5.74, 6) is -0.231. The lowest BCUT2D eigenvalue weighted by Gasteiger charge is -2.32. The maximum Gasteiger partial charge on any atom is 0.321 e. The lowest BCUT2D eigenvalue weighted by molar-refractivity contribution is -0.126. The molecule has 0 aliphatic carbocycles. The molecule has 0 bridgehead atoms. The molecule has 7 nitrogen and oxygen atoms in total. The van der Waals surface area contributed by atoms with E-state index in [0.717, 1.165) is 41.8 Å². The number of nitrogens with zero attached hydrogens (tertiary/aromatic N) is 3. The van der Waals surface area contributed by atoms with Gasteiger partial charge in [-0.3, -0.25) is 9.48 Å². The van der Waals surface area contributed by atoms with E-state index >= 15 is 0 Å². The number of nitrogens with one attached hydrogen (secondary N) is 2. The van der Waals surface area contributed by atoms with Crippen LogP contribution in [-0.4, -0.2) is 39.7 Å². The molecule has 2 N–H and O–H groups in total. The van der Waals surface area contributed by atoms with Crippen molar-refractivity contribution < 1.29 is 9.59 Å². The highest BCUT2D eigenvalue weighted by atomic mass is 16.2. The predicted molar refractivity (Wildman–Crippen MR) is 145 cm³/mol. The summed E-state index contributed by atoms with van der Waals surface area (Å²) in [5.41, 5.74) is 5.20. The summed E-state index contributed by atoms with van der Waals surface area (Å²) < 4.78 is 1.90. The van der Waals surface area contributed by atoms with Gasteiger partial charge in [0.15, 0.2) is 0 Å². The molecule has 0 radical (unpaired) electrons. The van der Waals surface area contributed by atoms with Crippen LogP contribution in [0.5, 0.6) is 0 Å². The standard InChI is InChI=1S/C30H31N5O2/c36-29(26-9-6-18-34(22-26)30(37)33-27-10-2-1-3-11-27)31-20-25-8-4-5-12-28(25)24-15-13-23(14-16-24)21-35-19-7-17-32-35/h1-5,7-8,10-17,19,26H,6,9,18,20-22H2,(H,31,36)(H,33,37). The number of urea groups is 1. The first kappa shape index (κ1) is 24.3. The van der Waals surface area contributed by atoms with Crippen LogP contribution >= 0.6 is 0 Å². The van der Waals surface area contributed by atoms with Crippen molar-refractivity contribution in [1.82, 2.24) is 20.0 Å². The van der Waals surface area contributed by atoms with Crippen molar-refractivity contribution in [1.29, 1.82) is 0 Å². The summed E-state index contributed by atoms with van der Waals surface area (Å²) in [6.07, 6.45) is 5.32. The van der Waals surface area contributed by atoms with E-state index in [9.17, 15) is 9.59 Å². The van der Waals surface area contributed by atoms with E-state index in [1.54, 1.807) is 11.1 Å². The number of hydrogen-bond acceptors (Lipinski definition) is 3. The van der Waals surface area contributed by atoms with Gasteiger partial charge in [0.2, 0.25) is 5.91 Å². The van der Waals surface area contributed by atoms with Crippen LogP contribution in [-0.2, 0) is 17.9 Å². The summed E-state index contributed by atoms with van der Waals surface area (Å²) in [6, 6.07) is 27.8. The van der Waals surface area contributed by atoms with E-state index in [-0.39, 0.29) is 17.9 Å². The Balaban J connectivity index is 1.19. The fraction of sp³-hybridized carbons (Fsp3) is 0.233. The quantitative estimate of drug-likeness (QED) is 0.373. The van der Waals surface area contributed by atoms with Gasteiger partial charge in [0.05, 0.1) is 12.5 Å². The fourth-order valence-corrected chi connectivity index (χ4v) is 4.75. The van der Waals surface area contributed by atoms with E-state index in [2.05, 4.69) is 46.1 Å². The van der Waals surface area contributed by atoms with Gasteiger partial charge in [-0.25, -0.2) is 4.79 Å². The Labute approximate surface area is 217 Å². The van der Waals surface area contributed by atoms with Crippen LogP contribution in [0, 0.1) is 5.92 Å². The SMILES string of the molecule is O=C(NCc1ccccc1-c1ccc(Cn2cccn2)cc1)C1CCCN(C(=O)Nc2ccccc2)C1. The average Bonchev–Trinajstić information content (AvgIpc) is 3.46. The molecule has 0 saturated carbocycles.